The molecule has 0 heterocycles. The normalized spacial score (nSPS) is 11.4. The molecule has 0 unspecified atom stereocenters. The van der Waals surface area contributed by atoms with Crippen LogP contribution in [0.25, 0.3) is 0 Å². The molecular weight excluding hydrogens is 243 g/mol. The number of nitrogens with one attached hydrogen (secondary N) is 1. The monoisotopic (exact) mass is 266 g/mol. The fraction of sp³-hybridized carbons (Fsp3) is 0.533. The minimum Gasteiger partial charge on any atom is -0.351 e. The third-order valence-corrected chi connectivity index (χ3v) is 4.00. The summed E-state index contributed by atoms with van der Waals surface area (Å²) >= 11 is 0. The van der Waals surface area contributed by atoms with Crippen molar-refractivity contribution in [1.29, 1.82) is 0 Å². The molecule has 3 N–H and O–H groups in total. The Bertz CT molecular complexity index is 434. The van der Waals surface area contributed by atoms with Gasteiger partial charge in [0.25, 0.3) is 5.91 Å². The molecule has 106 valence electrons. The molecule has 0 aliphatic heterocycles. The number of rotatable bonds is 6. The predicted octanol–water partition coefficient (Wildman–Crippen LogP) is 2.63. The number of carbonyl (C=O) groups excluding carboxylic acids is 1. The highest BCUT2D eigenvalue weighted by molar-refractivity contribution is 5.95. The molecule has 1 aromatic rings. The Hall–Kier alpha value is -1.42. The van der Waals surface area contributed by atoms with E-state index in [9.17, 15) is 9.18 Å². The van der Waals surface area contributed by atoms with E-state index >= 15 is 0 Å². The lowest BCUT2D eigenvalue weighted by Crippen LogP contribution is -2.42. The van der Waals surface area contributed by atoms with E-state index in [4.69, 9.17) is 5.73 Å². The van der Waals surface area contributed by atoms with Gasteiger partial charge in [-0.15, -0.1) is 0 Å². The van der Waals surface area contributed by atoms with Crippen molar-refractivity contribution in [3.63, 3.8) is 0 Å². The lowest BCUT2D eigenvalue weighted by atomic mass is 9.82. The number of amides is 1. The van der Waals surface area contributed by atoms with Crippen LogP contribution in [0.15, 0.2) is 18.2 Å². The summed E-state index contributed by atoms with van der Waals surface area (Å²) in [5.74, 6) is -0.636. The summed E-state index contributed by atoms with van der Waals surface area (Å²) in [4.78, 5) is 12.1. The average molecular weight is 266 g/mol. The zero-order valence-corrected chi connectivity index (χ0v) is 11.9. The standard InChI is InChI=1S/C15H23FN2O/c1-4-15(5-2,9-17)10-18-14(19)13-8-12(16)7-6-11(13)3/h6-8H,4-5,9-10,17H2,1-3H3,(H,18,19). The molecule has 1 rings (SSSR count). The SMILES string of the molecule is CCC(CC)(CN)CNC(=O)c1cc(F)ccc1C. The summed E-state index contributed by atoms with van der Waals surface area (Å²) in [5.41, 5.74) is 6.88. The Kier molecular flexibility index (Phi) is 5.48. The molecule has 1 amide bonds. The third-order valence-electron chi connectivity index (χ3n) is 4.00. The molecule has 0 aliphatic carbocycles. The highest BCUT2D eigenvalue weighted by atomic mass is 19.1. The van der Waals surface area contributed by atoms with Crippen LogP contribution in [0.4, 0.5) is 4.39 Å². The molecule has 4 heteroatoms. The number of halogens is 1. The van der Waals surface area contributed by atoms with Gasteiger partial charge in [-0.05, 0) is 49.4 Å². The van der Waals surface area contributed by atoms with Crippen LogP contribution in [0, 0.1) is 18.2 Å². The van der Waals surface area contributed by atoms with Gasteiger partial charge in [0.1, 0.15) is 5.82 Å². The highest BCUT2D eigenvalue weighted by Gasteiger charge is 2.25. The maximum atomic E-state index is 13.2. The van der Waals surface area contributed by atoms with Gasteiger partial charge in [-0.1, -0.05) is 19.9 Å². The molecule has 0 bridgehead atoms. The molecule has 0 saturated heterocycles. The van der Waals surface area contributed by atoms with Crippen LogP contribution in [0.2, 0.25) is 0 Å². The molecule has 0 aliphatic rings. The number of nitrogens with two attached hydrogens (primary N) is 1. The van der Waals surface area contributed by atoms with E-state index in [1.165, 1.54) is 12.1 Å². The number of aryl methyl sites for hydroxylation is 1. The van der Waals surface area contributed by atoms with Gasteiger partial charge in [0.2, 0.25) is 0 Å². The van der Waals surface area contributed by atoms with E-state index in [1.54, 1.807) is 13.0 Å². The first kappa shape index (κ1) is 15.6. The minimum atomic E-state index is -0.396. The van der Waals surface area contributed by atoms with Gasteiger partial charge in [-0.2, -0.15) is 0 Å². The molecule has 0 aromatic heterocycles. The van der Waals surface area contributed by atoms with Crippen molar-refractivity contribution in [2.45, 2.75) is 33.6 Å². The van der Waals surface area contributed by atoms with Crippen molar-refractivity contribution >= 4 is 5.91 Å². The zero-order valence-electron chi connectivity index (χ0n) is 11.9. The number of benzene rings is 1. The largest absolute Gasteiger partial charge is 0.351 e. The molecule has 1 aromatic carbocycles. The van der Waals surface area contributed by atoms with Crippen molar-refractivity contribution in [2.75, 3.05) is 13.1 Å². The fourth-order valence-corrected chi connectivity index (χ4v) is 2.06. The Morgan fingerprint density at radius 1 is 1.37 bits per heavy atom. The fourth-order valence-electron chi connectivity index (χ4n) is 2.06. The molecular formula is C15H23FN2O. The first-order valence-corrected chi connectivity index (χ1v) is 6.72. The van der Waals surface area contributed by atoms with E-state index < -0.39 is 5.82 Å². The first-order valence-electron chi connectivity index (χ1n) is 6.72. The van der Waals surface area contributed by atoms with Gasteiger partial charge < -0.3 is 11.1 Å². The third kappa shape index (κ3) is 3.77. The Morgan fingerprint density at radius 3 is 2.53 bits per heavy atom. The summed E-state index contributed by atoms with van der Waals surface area (Å²) in [6.45, 7) is 6.98. The van der Waals surface area contributed by atoms with Gasteiger partial charge in [-0.3, -0.25) is 4.79 Å². The van der Waals surface area contributed by atoms with Crippen LogP contribution in [-0.2, 0) is 0 Å². The van der Waals surface area contributed by atoms with Gasteiger partial charge in [0.05, 0.1) is 0 Å². The molecule has 0 fully saturated rings. The van der Waals surface area contributed by atoms with Crippen LogP contribution in [-0.4, -0.2) is 19.0 Å². The Labute approximate surface area is 114 Å². The second-order valence-electron chi connectivity index (χ2n) is 5.05. The minimum absolute atomic E-state index is 0.0725. The average Bonchev–Trinajstić information content (AvgIpc) is 2.43. The molecule has 0 radical (unpaired) electrons. The number of carbonyl (C=O) groups is 1. The van der Waals surface area contributed by atoms with Crippen LogP contribution in [0.5, 0.6) is 0 Å². The maximum absolute atomic E-state index is 13.2. The lowest BCUT2D eigenvalue weighted by molar-refractivity contribution is 0.0927. The Balaban J connectivity index is 2.77. The molecule has 19 heavy (non-hydrogen) atoms. The second-order valence-corrected chi connectivity index (χ2v) is 5.05. The van der Waals surface area contributed by atoms with Crippen molar-refractivity contribution in [1.82, 2.24) is 5.32 Å². The summed E-state index contributed by atoms with van der Waals surface area (Å²) in [6, 6.07) is 4.24. The van der Waals surface area contributed by atoms with Crippen molar-refractivity contribution in [3.05, 3.63) is 35.1 Å². The van der Waals surface area contributed by atoms with Crippen LogP contribution >= 0.6 is 0 Å². The summed E-state index contributed by atoms with van der Waals surface area (Å²) in [5, 5.41) is 2.88. The lowest BCUT2D eigenvalue weighted by Gasteiger charge is -2.30. The Morgan fingerprint density at radius 2 is 2.00 bits per heavy atom. The molecule has 0 atom stereocenters. The van der Waals surface area contributed by atoms with Gasteiger partial charge >= 0.3 is 0 Å². The van der Waals surface area contributed by atoms with E-state index in [0.717, 1.165) is 18.4 Å². The van der Waals surface area contributed by atoms with Crippen LogP contribution in [0.3, 0.4) is 0 Å². The second kappa shape index (κ2) is 6.66. The first-order chi connectivity index (χ1) is 8.98. The van der Waals surface area contributed by atoms with Gasteiger partial charge in [0, 0.05) is 12.1 Å². The van der Waals surface area contributed by atoms with Crippen LogP contribution < -0.4 is 11.1 Å². The summed E-state index contributed by atoms with van der Waals surface area (Å²) < 4.78 is 13.2. The zero-order chi connectivity index (χ0) is 14.5. The molecule has 3 nitrogen and oxygen atoms in total. The van der Waals surface area contributed by atoms with Crippen LogP contribution in [0.1, 0.15) is 42.6 Å². The van der Waals surface area contributed by atoms with E-state index in [0.29, 0.717) is 18.7 Å². The van der Waals surface area contributed by atoms with E-state index in [1.807, 2.05) is 0 Å². The number of hydrogen-bond donors (Lipinski definition) is 2. The smallest absolute Gasteiger partial charge is 0.251 e. The van der Waals surface area contributed by atoms with Gasteiger partial charge in [0.15, 0.2) is 0 Å². The predicted molar refractivity (Wildman–Crippen MR) is 75.5 cm³/mol. The topological polar surface area (TPSA) is 55.1 Å². The van der Waals surface area contributed by atoms with Crippen molar-refractivity contribution < 1.29 is 9.18 Å². The highest BCUT2D eigenvalue weighted by Crippen LogP contribution is 2.23. The number of hydrogen-bond acceptors (Lipinski definition) is 2. The summed E-state index contributed by atoms with van der Waals surface area (Å²) in [7, 11) is 0. The molecule has 0 spiro atoms. The van der Waals surface area contributed by atoms with Gasteiger partial charge in [-0.25, -0.2) is 4.39 Å². The van der Waals surface area contributed by atoms with E-state index in [-0.39, 0.29) is 11.3 Å². The quantitative estimate of drug-likeness (QED) is 0.831. The van der Waals surface area contributed by atoms with E-state index in [2.05, 4.69) is 19.2 Å². The maximum Gasteiger partial charge on any atom is 0.251 e. The van der Waals surface area contributed by atoms with Crippen molar-refractivity contribution in [2.24, 2.45) is 11.1 Å². The summed E-state index contributed by atoms with van der Waals surface area (Å²) in [6.07, 6.45) is 1.81. The molecule has 0 saturated carbocycles. The van der Waals surface area contributed by atoms with Crippen molar-refractivity contribution in [3.8, 4) is 0 Å².